The molecule has 0 amide bonds. The summed E-state index contributed by atoms with van der Waals surface area (Å²) >= 11 is 1.43. The minimum Gasteiger partial charge on any atom is -0.284 e. The van der Waals surface area contributed by atoms with Crippen LogP contribution in [0.1, 0.15) is 50.9 Å². The Morgan fingerprint density at radius 3 is 2.29 bits per heavy atom. The zero-order valence-corrected chi connectivity index (χ0v) is 11.6. The summed E-state index contributed by atoms with van der Waals surface area (Å²) in [4.78, 5) is 16.7. The highest BCUT2D eigenvalue weighted by Gasteiger charge is 2.19. The molecule has 1 heterocycles. The second-order valence-corrected chi connectivity index (χ2v) is 5.17. The summed E-state index contributed by atoms with van der Waals surface area (Å²) in [6, 6.07) is 1.99. The fourth-order valence-corrected chi connectivity index (χ4v) is 2.33. The molecule has 0 atom stereocenters. The lowest BCUT2D eigenvalue weighted by atomic mass is 10.1. The first-order chi connectivity index (χ1) is 7.93. The molecule has 92 valence electrons. The minimum absolute atomic E-state index is 0.00534. The van der Waals surface area contributed by atoms with Gasteiger partial charge in [-0.15, -0.1) is 0 Å². The first-order valence-electron chi connectivity index (χ1n) is 5.54. The SMILES string of the molecule is CSc1nc(C(C)C)c(C#N)c(=O)n1C(C)C. The quantitative estimate of drug-likeness (QED) is 0.612. The van der Waals surface area contributed by atoms with E-state index in [2.05, 4.69) is 4.98 Å². The molecular weight excluding hydrogens is 234 g/mol. The number of hydrogen-bond acceptors (Lipinski definition) is 4. The van der Waals surface area contributed by atoms with E-state index in [1.54, 1.807) is 4.57 Å². The average molecular weight is 251 g/mol. The molecule has 0 saturated heterocycles. The van der Waals surface area contributed by atoms with E-state index in [9.17, 15) is 4.79 Å². The van der Waals surface area contributed by atoms with Crippen LogP contribution in [-0.4, -0.2) is 15.8 Å². The van der Waals surface area contributed by atoms with Crippen molar-refractivity contribution in [2.45, 2.75) is 44.8 Å². The predicted molar refractivity (Wildman–Crippen MR) is 69.5 cm³/mol. The number of thioether (sulfide) groups is 1. The third-order valence-corrected chi connectivity index (χ3v) is 3.12. The summed E-state index contributed by atoms with van der Waals surface area (Å²) < 4.78 is 1.58. The normalized spacial score (nSPS) is 10.9. The molecule has 1 aromatic rings. The van der Waals surface area contributed by atoms with Crippen LogP contribution >= 0.6 is 11.8 Å². The highest BCUT2D eigenvalue weighted by molar-refractivity contribution is 7.98. The molecule has 0 fully saturated rings. The van der Waals surface area contributed by atoms with E-state index in [1.165, 1.54) is 11.8 Å². The highest BCUT2D eigenvalue weighted by atomic mass is 32.2. The maximum atomic E-state index is 12.2. The van der Waals surface area contributed by atoms with Crippen LogP contribution in [0.5, 0.6) is 0 Å². The fourth-order valence-electron chi connectivity index (χ4n) is 1.65. The van der Waals surface area contributed by atoms with Gasteiger partial charge in [0.25, 0.3) is 5.56 Å². The Hall–Kier alpha value is -1.28. The van der Waals surface area contributed by atoms with Gasteiger partial charge in [0.2, 0.25) is 0 Å². The summed E-state index contributed by atoms with van der Waals surface area (Å²) in [7, 11) is 0. The third-order valence-electron chi connectivity index (χ3n) is 2.47. The summed E-state index contributed by atoms with van der Waals surface area (Å²) in [6.07, 6.45) is 1.89. The Bertz CT molecular complexity index is 512. The minimum atomic E-state index is -0.231. The van der Waals surface area contributed by atoms with Gasteiger partial charge in [0.15, 0.2) is 5.16 Å². The topological polar surface area (TPSA) is 58.7 Å². The van der Waals surface area contributed by atoms with Crippen molar-refractivity contribution in [3.8, 4) is 6.07 Å². The van der Waals surface area contributed by atoms with Crippen molar-refractivity contribution in [2.75, 3.05) is 6.26 Å². The number of aromatic nitrogens is 2. The second-order valence-electron chi connectivity index (χ2n) is 4.39. The predicted octanol–water partition coefficient (Wildman–Crippen LogP) is 2.54. The molecule has 5 heteroatoms. The molecule has 0 bridgehead atoms. The molecule has 1 aromatic heterocycles. The highest BCUT2D eigenvalue weighted by Crippen LogP contribution is 2.20. The van der Waals surface area contributed by atoms with E-state index >= 15 is 0 Å². The number of nitriles is 1. The summed E-state index contributed by atoms with van der Waals surface area (Å²) in [5.74, 6) is 0.0741. The maximum absolute atomic E-state index is 12.2. The lowest BCUT2D eigenvalue weighted by Crippen LogP contribution is -2.29. The Morgan fingerprint density at radius 1 is 1.35 bits per heavy atom. The van der Waals surface area contributed by atoms with Crippen molar-refractivity contribution < 1.29 is 0 Å². The lowest BCUT2D eigenvalue weighted by molar-refractivity contribution is 0.503. The zero-order chi connectivity index (χ0) is 13.2. The van der Waals surface area contributed by atoms with Crippen molar-refractivity contribution in [3.05, 3.63) is 21.6 Å². The van der Waals surface area contributed by atoms with Crippen LogP contribution in [0.3, 0.4) is 0 Å². The molecule has 0 radical (unpaired) electrons. The van der Waals surface area contributed by atoms with Gasteiger partial charge in [0, 0.05) is 6.04 Å². The largest absolute Gasteiger partial charge is 0.284 e. The molecule has 0 aliphatic heterocycles. The lowest BCUT2D eigenvalue weighted by Gasteiger charge is -2.17. The monoisotopic (exact) mass is 251 g/mol. The van der Waals surface area contributed by atoms with Gasteiger partial charge in [-0.1, -0.05) is 25.6 Å². The molecular formula is C12H17N3OS. The zero-order valence-electron chi connectivity index (χ0n) is 10.8. The summed E-state index contributed by atoms with van der Waals surface area (Å²) in [5, 5.41) is 9.78. The van der Waals surface area contributed by atoms with Gasteiger partial charge in [-0.25, -0.2) is 4.98 Å². The fraction of sp³-hybridized carbons (Fsp3) is 0.583. The maximum Gasteiger partial charge on any atom is 0.272 e. The molecule has 17 heavy (non-hydrogen) atoms. The van der Waals surface area contributed by atoms with Gasteiger partial charge < -0.3 is 0 Å². The number of hydrogen-bond donors (Lipinski definition) is 0. The molecule has 0 saturated carbocycles. The van der Waals surface area contributed by atoms with Gasteiger partial charge in [0.1, 0.15) is 11.6 Å². The van der Waals surface area contributed by atoms with E-state index in [4.69, 9.17) is 5.26 Å². The van der Waals surface area contributed by atoms with Crippen LogP contribution in [0.25, 0.3) is 0 Å². The molecule has 0 unspecified atom stereocenters. The van der Waals surface area contributed by atoms with Gasteiger partial charge in [-0.2, -0.15) is 5.26 Å². The van der Waals surface area contributed by atoms with Crippen LogP contribution in [0.4, 0.5) is 0 Å². The standard InChI is InChI=1S/C12H17N3OS/c1-7(2)10-9(6-13)11(16)15(8(3)4)12(14-10)17-5/h7-8H,1-5H3. The molecule has 1 rings (SSSR count). The van der Waals surface area contributed by atoms with Crippen LogP contribution in [0.15, 0.2) is 9.95 Å². The second kappa shape index (κ2) is 5.37. The van der Waals surface area contributed by atoms with Crippen molar-refractivity contribution in [2.24, 2.45) is 0 Å². The molecule has 0 aliphatic carbocycles. The Morgan fingerprint density at radius 2 is 1.94 bits per heavy atom. The molecule has 0 aliphatic rings. The molecule has 0 aromatic carbocycles. The first-order valence-corrected chi connectivity index (χ1v) is 6.77. The van der Waals surface area contributed by atoms with Crippen molar-refractivity contribution in [3.63, 3.8) is 0 Å². The van der Waals surface area contributed by atoms with E-state index in [1.807, 2.05) is 40.0 Å². The molecule has 4 nitrogen and oxygen atoms in total. The first kappa shape index (κ1) is 13.8. The third kappa shape index (κ3) is 2.52. The van der Waals surface area contributed by atoms with Crippen LogP contribution < -0.4 is 5.56 Å². The van der Waals surface area contributed by atoms with E-state index < -0.39 is 0 Å². The Kier molecular flexibility index (Phi) is 4.35. The smallest absolute Gasteiger partial charge is 0.272 e. The summed E-state index contributed by atoms with van der Waals surface area (Å²) in [6.45, 7) is 7.71. The number of nitrogens with zero attached hydrogens (tertiary/aromatic N) is 3. The van der Waals surface area contributed by atoms with Gasteiger partial charge >= 0.3 is 0 Å². The average Bonchev–Trinajstić information content (AvgIpc) is 2.26. The molecule has 0 N–H and O–H groups in total. The molecule has 0 spiro atoms. The van der Waals surface area contributed by atoms with Crippen LogP contribution in [-0.2, 0) is 0 Å². The van der Waals surface area contributed by atoms with Crippen molar-refractivity contribution in [1.82, 2.24) is 9.55 Å². The van der Waals surface area contributed by atoms with Crippen LogP contribution in [0.2, 0.25) is 0 Å². The van der Waals surface area contributed by atoms with Crippen molar-refractivity contribution >= 4 is 11.8 Å². The van der Waals surface area contributed by atoms with Crippen molar-refractivity contribution in [1.29, 1.82) is 5.26 Å². The van der Waals surface area contributed by atoms with Gasteiger partial charge in [-0.05, 0) is 26.0 Å². The van der Waals surface area contributed by atoms with Gasteiger partial charge in [-0.3, -0.25) is 9.36 Å². The Balaban J connectivity index is 3.69. The van der Waals surface area contributed by atoms with E-state index in [-0.39, 0.29) is 23.1 Å². The van der Waals surface area contributed by atoms with Gasteiger partial charge in [0.05, 0.1) is 5.69 Å². The number of rotatable bonds is 3. The van der Waals surface area contributed by atoms with Crippen LogP contribution in [0, 0.1) is 11.3 Å². The van der Waals surface area contributed by atoms with E-state index in [0.29, 0.717) is 10.9 Å². The Labute approximate surface area is 106 Å². The van der Waals surface area contributed by atoms with E-state index in [0.717, 1.165) is 0 Å². The summed E-state index contributed by atoms with van der Waals surface area (Å²) in [5.41, 5.74) is 0.538.